The molecule has 0 saturated heterocycles. The van der Waals surface area contributed by atoms with E-state index in [1.54, 1.807) is 0 Å². The fourth-order valence-corrected chi connectivity index (χ4v) is 13.9. The summed E-state index contributed by atoms with van der Waals surface area (Å²) in [5.41, 5.74) is 26.1. The summed E-state index contributed by atoms with van der Waals surface area (Å²) < 4.78 is 2.53. The number of nitrogens with zero attached hydrogens (tertiary/aromatic N) is 3. The third kappa shape index (κ3) is 9.58. The summed E-state index contributed by atoms with van der Waals surface area (Å²) in [4.78, 5) is 7.78. The maximum absolute atomic E-state index is 2.67. The Kier molecular flexibility index (Phi) is 12.8. The highest BCUT2D eigenvalue weighted by molar-refractivity contribution is 7.26. The van der Waals surface area contributed by atoms with E-state index in [0.717, 1.165) is 22.7 Å². The maximum atomic E-state index is 2.67. The van der Waals surface area contributed by atoms with Crippen molar-refractivity contribution in [2.45, 2.75) is 145 Å². The van der Waals surface area contributed by atoms with Gasteiger partial charge in [0.25, 0.3) is 6.71 Å². The minimum Gasteiger partial charge on any atom is -0.311 e. The van der Waals surface area contributed by atoms with E-state index in [0.29, 0.717) is 0 Å². The second-order valence-electron chi connectivity index (χ2n) is 28.6. The highest BCUT2D eigenvalue weighted by Gasteiger charge is 2.45. The molecule has 408 valence electrons. The highest BCUT2D eigenvalue weighted by Crippen LogP contribution is 2.54. The average Bonchev–Trinajstić information content (AvgIpc) is 3.83. The Balaban J connectivity index is 1.20. The number of thiophene rings is 1. The molecular formula is C76H80BN3S. The van der Waals surface area contributed by atoms with Gasteiger partial charge in [-0.05, 0) is 175 Å². The van der Waals surface area contributed by atoms with Crippen molar-refractivity contribution in [3.8, 4) is 11.1 Å². The third-order valence-corrected chi connectivity index (χ3v) is 18.5. The molecule has 0 unspecified atom stereocenters. The first-order valence-corrected chi connectivity index (χ1v) is 30.2. The van der Waals surface area contributed by atoms with Crippen LogP contribution in [0.5, 0.6) is 0 Å². The molecule has 0 fully saturated rings. The van der Waals surface area contributed by atoms with Crippen LogP contribution in [0, 0.1) is 13.8 Å². The number of aryl methyl sites for hydroxylation is 2. The molecule has 2 aliphatic rings. The van der Waals surface area contributed by atoms with E-state index in [9.17, 15) is 0 Å². The van der Waals surface area contributed by atoms with E-state index in [4.69, 9.17) is 0 Å². The molecule has 0 spiro atoms. The zero-order valence-electron chi connectivity index (χ0n) is 51.1. The zero-order valence-corrected chi connectivity index (χ0v) is 51.9. The van der Waals surface area contributed by atoms with Gasteiger partial charge in [-0.15, -0.1) is 11.3 Å². The Morgan fingerprint density at radius 1 is 0.383 bits per heavy atom. The molecule has 0 radical (unpaired) electrons. The van der Waals surface area contributed by atoms with E-state index in [-0.39, 0.29) is 33.8 Å². The Hall–Kier alpha value is -7.34. The molecule has 81 heavy (non-hydrogen) atoms. The van der Waals surface area contributed by atoms with Crippen LogP contribution in [-0.4, -0.2) is 6.71 Å². The quantitative estimate of drug-likeness (QED) is 0.154. The predicted molar refractivity (Wildman–Crippen MR) is 356 cm³/mol. The fraction of sp³-hybridized carbons (Fsp3) is 0.289. The van der Waals surface area contributed by atoms with Crippen molar-refractivity contribution < 1.29 is 0 Å². The predicted octanol–water partition coefficient (Wildman–Crippen LogP) is 20.4. The largest absolute Gasteiger partial charge is 0.311 e. The van der Waals surface area contributed by atoms with E-state index in [2.05, 4.69) is 308 Å². The van der Waals surface area contributed by atoms with Crippen molar-refractivity contribution in [1.82, 2.24) is 0 Å². The molecule has 1 aromatic heterocycles. The van der Waals surface area contributed by atoms with Crippen molar-refractivity contribution in [3.63, 3.8) is 0 Å². The molecular weight excluding hydrogens is 998 g/mol. The van der Waals surface area contributed by atoms with Gasteiger partial charge >= 0.3 is 0 Å². The lowest BCUT2D eigenvalue weighted by Crippen LogP contribution is -2.61. The van der Waals surface area contributed by atoms with E-state index < -0.39 is 0 Å². The topological polar surface area (TPSA) is 9.72 Å². The monoisotopic (exact) mass is 1080 g/mol. The summed E-state index contributed by atoms with van der Waals surface area (Å²) in [5.74, 6) is 0. The van der Waals surface area contributed by atoms with Crippen LogP contribution in [0.1, 0.15) is 143 Å². The summed E-state index contributed by atoms with van der Waals surface area (Å²) >= 11 is 1.92. The molecule has 0 N–H and O–H groups in total. The second kappa shape index (κ2) is 19.1. The summed E-state index contributed by atoms with van der Waals surface area (Å²) in [7, 11) is 0. The first-order chi connectivity index (χ1) is 38.1. The van der Waals surface area contributed by atoms with Crippen LogP contribution in [0.3, 0.4) is 0 Å². The number of hydrogen-bond donors (Lipinski definition) is 0. The van der Waals surface area contributed by atoms with E-state index in [1.807, 2.05) is 11.3 Å². The lowest BCUT2D eigenvalue weighted by atomic mass is 9.33. The van der Waals surface area contributed by atoms with Gasteiger partial charge < -0.3 is 14.7 Å². The minimum atomic E-state index is -0.0819. The molecule has 12 rings (SSSR count). The van der Waals surface area contributed by atoms with Crippen LogP contribution in [0.15, 0.2) is 176 Å². The lowest BCUT2D eigenvalue weighted by Gasteiger charge is -2.45. The second-order valence-corrected chi connectivity index (χ2v) is 29.6. The SMILES string of the molecule is Cc1cc(C)cc(-c2cc3c4c(c2)N(c2ccc(N(c5ccc(C(C)(C)C)cc5)c5ccc(C(C)(C)C)cc5)c5c2sc2ccccc25)c2ccc(C(C)(C)C)cc2B4c2cc(C(C)(C)C)ccc2N3c2ccc(C(C)(C)C)cc2)c1. The Labute approximate surface area is 488 Å². The Morgan fingerprint density at radius 2 is 0.802 bits per heavy atom. The number of benzene rings is 9. The normalized spacial score (nSPS) is 13.7. The van der Waals surface area contributed by atoms with Gasteiger partial charge in [0.15, 0.2) is 0 Å². The molecule has 10 aromatic rings. The van der Waals surface area contributed by atoms with Crippen molar-refractivity contribution in [1.29, 1.82) is 0 Å². The maximum Gasteiger partial charge on any atom is 0.252 e. The van der Waals surface area contributed by atoms with Gasteiger partial charge in [-0.25, -0.2) is 0 Å². The zero-order chi connectivity index (χ0) is 57.5. The molecule has 0 bridgehead atoms. The highest BCUT2D eigenvalue weighted by atomic mass is 32.1. The first-order valence-electron chi connectivity index (χ1n) is 29.4. The van der Waals surface area contributed by atoms with Gasteiger partial charge in [0.05, 0.1) is 16.1 Å². The number of hydrogen-bond acceptors (Lipinski definition) is 4. The van der Waals surface area contributed by atoms with Crippen LogP contribution in [0.4, 0.5) is 51.2 Å². The molecule has 3 heterocycles. The van der Waals surface area contributed by atoms with Crippen molar-refractivity contribution >= 4 is 106 Å². The average molecular weight is 1080 g/mol. The molecule has 2 aliphatic heterocycles. The van der Waals surface area contributed by atoms with Gasteiger partial charge in [-0.1, -0.05) is 212 Å². The summed E-state index contributed by atoms with van der Waals surface area (Å²) in [6.07, 6.45) is 0. The minimum absolute atomic E-state index is 0.0143. The van der Waals surface area contributed by atoms with Crippen LogP contribution >= 0.6 is 11.3 Å². The third-order valence-electron chi connectivity index (χ3n) is 17.3. The lowest BCUT2D eigenvalue weighted by molar-refractivity contribution is 0.590. The van der Waals surface area contributed by atoms with Gasteiger partial charge in [0, 0.05) is 55.3 Å². The molecule has 9 aromatic carbocycles. The molecule has 0 saturated carbocycles. The molecule has 0 amide bonds. The summed E-state index contributed by atoms with van der Waals surface area (Å²) in [5, 5.41) is 2.51. The van der Waals surface area contributed by atoms with Crippen molar-refractivity contribution in [2.75, 3.05) is 14.7 Å². The Bertz CT molecular complexity index is 4010. The summed E-state index contributed by atoms with van der Waals surface area (Å²) in [6, 6.07) is 68.9. The van der Waals surface area contributed by atoms with E-state index >= 15 is 0 Å². The smallest absolute Gasteiger partial charge is 0.252 e. The van der Waals surface area contributed by atoms with Crippen molar-refractivity contribution in [2.24, 2.45) is 0 Å². The Morgan fingerprint density at radius 3 is 1.30 bits per heavy atom. The van der Waals surface area contributed by atoms with Gasteiger partial charge in [-0.2, -0.15) is 0 Å². The first kappa shape index (κ1) is 54.3. The molecule has 5 heteroatoms. The number of anilines is 9. The fourth-order valence-electron chi connectivity index (χ4n) is 12.7. The number of fused-ring (bicyclic) bond motifs is 7. The van der Waals surface area contributed by atoms with Crippen LogP contribution < -0.4 is 31.1 Å². The van der Waals surface area contributed by atoms with Gasteiger partial charge in [-0.3, -0.25) is 0 Å². The molecule has 3 nitrogen and oxygen atoms in total. The van der Waals surface area contributed by atoms with Crippen LogP contribution in [0.2, 0.25) is 0 Å². The van der Waals surface area contributed by atoms with Crippen LogP contribution in [0.25, 0.3) is 31.3 Å². The van der Waals surface area contributed by atoms with Crippen molar-refractivity contribution in [3.05, 3.63) is 215 Å². The summed E-state index contributed by atoms with van der Waals surface area (Å²) in [6.45, 7) is 39.3. The standard InChI is InChI=1S/C76H80BN3S/c1-47-40-48(2)42-49(41-47)50-43-66-70-67(44-50)80(63-37-29-55(76(15,16)17)46-61(63)77(70)60-45-54(75(12,13)14)28-36-62(60)79(66)58-34-26-53(27-35-58)74(9,10)11)65-39-38-64(69-59-20-18-19-21-68(59)81-71(65)69)78(56-30-22-51(23-31-56)72(3,4)5)57-32-24-52(25-33-57)73(6,7)8/h18-46H,1-17H3. The molecule has 0 aliphatic carbocycles. The number of rotatable bonds is 6. The van der Waals surface area contributed by atoms with Gasteiger partial charge in [0.2, 0.25) is 0 Å². The van der Waals surface area contributed by atoms with Gasteiger partial charge in [0.1, 0.15) is 0 Å². The van der Waals surface area contributed by atoms with Crippen LogP contribution in [-0.2, 0) is 27.1 Å². The molecule has 0 atom stereocenters. The van der Waals surface area contributed by atoms with E-state index in [1.165, 1.54) is 115 Å².